The number of halogens is 1. The molecular weight excluding hydrogens is 250 g/mol. The summed E-state index contributed by atoms with van der Waals surface area (Å²) >= 11 is 6.13. The zero-order chi connectivity index (χ0) is 13.3. The standard InChI is InChI=1S/C14H18ClNO2/c1-16(2)12-9-10(5-6-11(12)15)14(13(17)18)7-3-4-8-14/h5-6,9H,3-4,7-8H2,1-2H3,(H,17,18). The highest BCUT2D eigenvalue weighted by atomic mass is 35.5. The van der Waals surface area contributed by atoms with Gasteiger partial charge in [0, 0.05) is 14.1 Å². The van der Waals surface area contributed by atoms with Gasteiger partial charge in [-0.05, 0) is 30.5 Å². The molecule has 1 aliphatic rings. The fourth-order valence-corrected chi connectivity index (χ4v) is 3.04. The van der Waals surface area contributed by atoms with Crippen LogP contribution in [0.3, 0.4) is 0 Å². The van der Waals surface area contributed by atoms with Crippen molar-refractivity contribution in [2.45, 2.75) is 31.1 Å². The van der Waals surface area contributed by atoms with E-state index in [1.165, 1.54) is 0 Å². The Kier molecular flexibility index (Phi) is 3.53. The van der Waals surface area contributed by atoms with Gasteiger partial charge in [0.15, 0.2) is 0 Å². The molecule has 1 fully saturated rings. The Morgan fingerprint density at radius 2 is 1.94 bits per heavy atom. The second kappa shape index (κ2) is 4.81. The lowest BCUT2D eigenvalue weighted by atomic mass is 9.79. The summed E-state index contributed by atoms with van der Waals surface area (Å²) < 4.78 is 0. The molecule has 1 aromatic rings. The largest absolute Gasteiger partial charge is 0.481 e. The lowest BCUT2D eigenvalue weighted by Crippen LogP contribution is -2.32. The number of carboxylic acid groups (broad SMARTS) is 1. The maximum atomic E-state index is 11.6. The van der Waals surface area contributed by atoms with E-state index in [0.29, 0.717) is 5.02 Å². The maximum Gasteiger partial charge on any atom is 0.314 e. The highest BCUT2D eigenvalue weighted by Crippen LogP contribution is 2.43. The van der Waals surface area contributed by atoms with Crippen LogP contribution in [-0.2, 0) is 10.2 Å². The Hall–Kier alpha value is -1.22. The summed E-state index contributed by atoms with van der Waals surface area (Å²) in [7, 11) is 3.82. The Balaban J connectivity index is 2.49. The first-order valence-electron chi connectivity index (χ1n) is 6.18. The van der Waals surface area contributed by atoms with Gasteiger partial charge in [-0.1, -0.05) is 30.5 Å². The van der Waals surface area contributed by atoms with Crippen LogP contribution in [0.5, 0.6) is 0 Å². The highest BCUT2D eigenvalue weighted by molar-refractivity contribution is 6.33. The fraction of sp³-hybridized carbons (Fsp3) is 0.500. The first kappa shape index (κ1) is 13.2. The molecule has 0 saturated heterocycles. The minimum Gasteiger partial charge on any atom is -0.481 e. The molecule has 1 aromatic carbocycles. The smallest absolute Gasteiger partial charge is 0.314 e. The lowest BCUT2D eigenvalue weighted by molar-refractivity contribution is -0.143. The number of hydrogen-bond acceptors (Lipinski definition) is 2. The van der Waals surface area contributed by atoms with Gasteiger partial charge in [0.1, 0.15) is 0 Å². The summed E-state index contributed by atoms with van der Waals surface area (Å²) in [6.45, 7) is 0. The average molecular weight is 268 g/mol. The van der Waals surface area contributed by atoms with E-state index >= 15 is 0 Å². The van der Waals surface area contributed by atoms with E-state index in [-0.39, 0.29) is 0 Å². The molecule has 0 radical (unpaired) electrons. The Labute approximate surface area is 112 Å². The van der Waals surface area contributed by atoms with Crippen molar-refractivity contribution in [2.24, 2.45) is 0 Å². The van der Waals surface area contributed by atoms with Gasteiger partial charge in [0.25, 0.3) is 0 Å². The van der Waals surface area contributed by atoms with Crippen molar-refractivity contribution in [3.05, 3.63) is 28.8 Å². The third-order valence-electron chi connectivity index (χ3n) is 3.85. The van der Waals surface area contributed by atoms with Crippen LogP contribution < -0.4 is 4.90 Å². The average Bonchev–Trinajstić information content (AvgIpc) is 2.79. The van der Waals surface area contributed by atoms with Gasteiger partial charge in [-0.15, -0.1) is 0 Å². The molecule has 0 atom stereocenters. The molecule has 18 heavy (non-hydrogen) atoms. The molecule has 0 spiro atoms. The molecule has 1 saturated carbocycles. The lowest BCUT2D eigenvalue weighted by Gasteiger charge is -2.26. The molecule has 0 heterocycles. The van der Waals surface area contributed by atoms with Crippen molar-refractivity contribution in [3.8, 4) is 0 Å². The summed E-state index contributed by atoms with van der Waals surface area (Å²) in [4.78, 5) is 13.6. The van der Waals surface area contributed by atoms with Gasteiger partial charge in [0.05, 0.1) is 16.1 Å². The van der Waals surface area contributed by atoms with Gasteiger partial charge in [-0.3, -0.25) is 4.79 Å². The summed E-state index contributed by atoms with van der Waals surface area (Å²) in [5.74, 6) is -0.716. The molecule has 2 rings (SSSR count). The van der Waals surface area contributed by atoms with Crippen LogP contribution in [-0.4, -0.2) is 25.2 Å². The highest BCUT2D eigenvalue weighted by Gasteiger charge is 2.43. The minimum absolute atomic E-state index is 0.655. The zero-order valence-corrected chi connectivity index (χ0v) is 11.5. The van der Waals surface area contributed by atoms with Crippen molar-refractivity contribution < 1.29 is 9.90 Å². The van der Waals surface area contributed by atoms with Crippen LogP contribution in [0, 0.1) is 0 Å². The van der Waals surface area contributed by atoms with E-state index in [0.717, 1.165) is 36.9 Å². The SMILES string of the molecule is CN(C)c1cc(C2(C(=O)O)CCCC2)ccc1Cl. The number of hydrogen-bond donors (Lipinski definition) is 1. The topological polar surface area (TPSA) is 40.5 Å². The van der Waals surface area contributed by atoms with Crippen LogP contribution in [0.4, 0.5) is 5.69 Å². The predicted octanol–water partition coefficient (Wildman–Crippen LogP) is 3.30. The molecule has 4 heteroatoms. The van der Waals surface area contributed by atoms with Crippen molar-refractivity contribution >= 4 is 23.3 Å². The van der Waals surface area contributed by atoms with E-state index in [1.54, 1.807) is 6.07 Å². The number of anilines is 1. The predicted molar refractivity (Wildman–Crippen MR) is 73.6 cm³/mol. The maximum absolute atomic E-state index is 11.6. The first-order valence-corrected chi connectivity index (χ1v) is 6.56. The van der Waals surface area contributed by atoms with Gasteiger partial charge in [0.2, 0.25) is 0 Å². The third-order valence-corrected chi connectivity index (χ3v) is 4.17. The van der Waals surface area contributed by atoms with Crippen molar-refractivity contribution in [1.82, 2.24) is 0 Å². The first-order chi connectivity index (χ1) is 8.47. The van der Waals surface area contributed by atoms with Gasteiger partial charge < -0.3 is 10.0 Å². The molecule has 0 aliphatic heterocycles. The number of rotatable bonds is 3. The number of benzene rings is 1. The van der Waals surface area contributed by atoms with Crippen LogP contribution in [0.1, 0.15) is 31.2 Å². The summed E-state index contributed by atoms with van der Waals surface area (Å²) in [5, 5.41) is 10.2. The zero-order valence-electron chi connectivity index (χ0n) is 10.7. The monoisotopic (exact) mass is 267 g/mol. The minimum atomic E-state index is -0.716. The number of carboxylic acids is 1. The Bertz CT molecular complexity index is 465. The van der Waals surface area contributed by atoms with Crippen LogP contribution >= 0.6 is 11.6 Å². The second-order valence-corrected chi connectivity index (χ2v) is 5.56. The van der Waals surface area contributed by atoms with Gasteiger partial charge >= 0.3 is 5.97 Å². The Morgan fingerprint density at radius 3 is 2.44 bits per heavy atom. The van der Waals surface area contributed by atoms with E-state index < -0.39 is 11.4 Å². The van der Waals surface area contributed by atoms with Gasteiger partial charge in [-0.25, -0.2) is 0 Å². The van der Waals surface area contributed by atoms with Crippen LogP contribution in [0.15, 0.2) is 18.2 Å². The van der Waals surface area contributed by atoms with Crippen molar-refractivity contribution in [1.29, 1.82) is 0 Å². The van der Waals surface area contributed by atoms with Crippen LogP contribution in [0.2, 0.25) is 5.02 Å². The molecule has 0 bridgehead atoms. The normalized spacial score (nSPS) is 17.7. The quantitative estimate of drug-likeness (QED) is 0.913. The van der Waals surface area contributed by atoms with Crippen molar-refractivity contribution in [2.75, 3.05) is 19.0 Å². The summed E-state index contributed by atoms with van der Waals surface area (Å²) in [6, 6.07) is 5.58. The second-order valence-electron chi connectivity index (χ2n) is 5.15. The Morgan fingerprint density at radius 1 is 1.33 bits per heavy atom. The van der Waals surface area contributed by atoms with Crippen LogP contribution in [0.25, 0.3) is 0 Å². The molecular formula is C14H18ClNO2. The fourth-order valence-electron chi connectivity index (χ4n) is 2.76. The summed E-state index contributed by atoms with van der Waals surface area (Å²) in [6.07, 6.45) is 3.39. The van der Waals surface area contributed by atoms with Crippen molar-refractivity contribution in [3.63, 3.8) is 0 Å². The number of carbonyl (C=O) groups is 1. The molecule has 3 nitrogen and oxygen atoms in total. The molecule has 0 aromatic heterocycles. The van der Waals surface area contributed by atoms with E-state index in [4.69, 9.17) is 11.6 Å². The van der Waals surface area contributed by atoms with E-state index in [2.05, 4.69) is 0 Å². The van der Waals surface area contributed by atoms with E-state index in [9.17, 15) is 9.90 Å². The third kappa shape index (κ3) is 2.07. The molecule has 1 aliphatic carbocycles. The molecule has 1 N–H and O–H groups in total. The molecule has 0 unspecified atom stereocenters. The van der Waals surface area contributed by atoms with Gasteiger partial charge in [-0.2, -0.15) is 0 Å². The summed E-state index contributed by atoms with van der Waals surface area (Å²) in [5.41, 5.74) is 1.04. The molecule has 0 amide bonds. The number of aliphatic carboxylic acids is 1. The van der Waals surface area contributed by atoms with E-state index in [1.807, 2.05) is 31.1 Å². The molecule has 98 valence electrons. The number of nitrogens with zero attached hydrogens (tertiary/aromatic N) is 1.